The van der Waals surface area contributed by atoms with Crippen molar-refractivity contribution in [2.24, 2.45) is 0 Å². The lowest BCUT2D eigenvalue weighted by Crippen LogP contribution is -2.49. The number of fused-ring (bicyclic) bond motifs is 1. The highest BCUT2D eigenvalue weighted by Crippen LogP contribution is 2.33. The Hall–Kier alpha value is -1.55. The summed E-state index contributed by atoms with van der Waals surface area (Å²) >= 11 is 0. The average molecular weight is 263 g/mol. The molecule has 4 nitrogen and oxygen atoms in total. The zero-order valence-corrected chi connectivity index (χ0v) is 11.7. The highest BCUT2D eigenvalue weighted by molar-refractivity contribution is 5.79. The first-order valence-electron chi connectivity index (χ1n) is 6.62. The van der Waals surface area contributed by atoms with Crippen LogP contribution in [-0.2, 0) is 16.0 Å². The number of benzene rings is 1. The molecule has 0 spiro atoms. The van der Waals surface area contributed by atoms with Gasteiger partial charge in [0.1, 0.15) is 11.3 Å². The number of hydrogen-bond acceptors (Lipinski definition) is 4. The number of phenolic OH excluding ortho intramolecular Hbond substituents is 1. The van der Waals surface area contributed by atoms with Gasteiger partial charge in [0.05, 0.1) is 7.11 Å². The molecule has 0 bridgehead atoms. The van der Waals surface area contributed by atoms with Crippen LogP contribution < -0.4 is 5.32 Å². The highest BCUT2D eigenvalue weighted by atomic mass is 16.5. The molecular weight excluding hydrogens is 242 g/mol. The van der Waals surface area contributed by atoms with E-state index in [-0.39, 0.29) is 12.0 Å². The predicted octanol–water partition coefficient (Wildman–Crippen LogP) is 2.31. The van der Waals surface area contributed by atoms with Crippen LogP contribution in [0.15, 0.2) is 18.2 Å². The second-order valence-electron chi connectivity index (χ2n) is 5.59. The van der Waals surface area contributed by atoms with Gasteiger partial charge in [-0.05, 0) is 56.4 Å². The minimum atomic E-state index is -0.716. The van der Waals surface area contributed by atoms with Gasteiger partial charge in [0.15, 0.2) is 0 Å². The fourth-order valence-corrected chi connectivity index (χ4v) is 2.70. The van der Waals surface area contributed by atoms with Crippen LogP contribution in [0.5, 0.6) is 5.75 Å². The van der Waals surface area contributed by atoms with Crippen molar-refractivity contribution in [3.63, 3.8) is 0 Å². The Kier molecular flexibility index (Phi) is 3.80. The van der Waals surface area contributed by atoms with Crippen LogP contribution in [0.25, 0.3) is 0 Å². The summed E-state index contributed by atoms with van der Waals surface area (Å²) in [7, 11) is 1.40. The number of methoxy groups -OCH3 is 1. The van der Waals surface area contributed by atoms with Gasteiger partial charge in [0.2, 0.25) is 0 Å². The maximum Gasteiger partial charge on any atom is 0.325 e. The lowest BCUT2D eigenvalue weighted by molar-refractivity contribution is -0.147. The molecule has 4 heteroatoms. The standard InChI is InChI=1S/C15H21NO3/c1-15(2,14(18)19-3)16-13-6-4-5-10-9-11(17)7-8-12(10)13/h7-9,13,16-17H,4-6H2,1-3H3. The fourth-order valence-electron chi connectivity index (χ4n) is 2.70. The highest BCUT2D eigenvalue weighted by Gasteiger charge is 2.33. The largest absolute Gasteiger partial charge is 0.508 e. The number of phenols is 1. The van der Waals surface area contributed by atoms with Crippen molar-refractivity contribution in [2.45, 2.75) is 44.7 Å². The molecule has 0 amide bonds. The Labute approximate surface area is 113 Å². The number of ether oxygens (including phenoxy) is 1. The van der Waals surface area contributed by atoms with E-state index in [1.54, 1.807) is 6.07 Å². The molecule has 0 saturated carbocycles. The lowest BCUT2D eigenvalue weighted by Gasteiger charge is -2.33. The minimum absolute atomic E-state index is 0.124. The Morgan fingerprint density at radius 3 is 2.89 bits per heavy atom. The van der Waals surface area contributed by atoms with Gasteiger partial charge in [-0.1, -0.05) is 6.07 Å². The Balaban J connectivity index is 2.22. The van der Waals surface area contributed by atoms with Gasteiger partial charge < -0.3 is 9.84 Å². The molecule has 2 rings (SSSR count). The molecule has 19 heavy (non-hydrogen) atoms. The summed E-state index contributed by atoms with van der Waals surface area (Å²) < 4.78 is 4.82. The van der Waals surface area contributed by atoms with E-state index in [9.17, 15) is 9.90 Å². The normalized spacial score (nSPS) is 18.8. The molecule has 104 valence electrons. The van der Waals surface area contributed by atoms with E-state index < -0.39 is 5.54 Å². The molecule has 2 N–H and O–H groups in total. The predicted molar refractivity (Wildman–Crippen MR) is 73.0 cm³/mol. The molecule has 1 aliphatic carbocycles. The van der Waals surface area contributed by atoms with Gasteiger partial charge in [-0.2, -0.15) is 0 Å². The molecule has 0 heterocycles. The third kappa shape index (κ3) is 2.89. The van der Waals surface area contributed by atoms with Crippen LogP contribution in [-0.4, -0.2) is 23.7 Å². The van der Waals surface area contributed by atoms with Crippen molar-refractivity contribution in [1.29, 1.82) is 0 Å². The second kappa shape index (κ2) is 5.21. The zero-order chi connectivity index (χ0) is 14.0. The molecule has 0 aliphatic heterocycles. The van der Waals surface area contributed by atoms with Gasteiger partial charge in [-0.15, -0.1) is 0 Å². The van der Waals surface area contributed by atoms with Crippen molar-refractivity contribution >= 4 is 5.97 Å². The molecule has 0 radical (unpaired) electrons. The van der Waals surface area contributed by atoms with Crippen LogP contribution in [0.4, 0.5) is 0 Å². The summed E-state index contributed by atoms with van der Waals surface area (Å²) in [6.07, 6.45) is 3.00. The van der Waals surface area contributed by atoms with Crippen LogP contribution in [0.1, 0.15) is 43.9 Å². The van der Waals surface area contributed by atoms with Gasteiger partial charge in [-0.25, -0.2) is 0 Å². The summed E-state index contributed by atoms with van der Waals surface area (Å²) in [6, 6.07) is 5.58. The van der Waals surface area contributed by atoms with Crippen LogP contribution in [0.3, 0.4) is 0 Å². The van der Waals surface area contributed by atoms with Crippen LogP contribution in [0.2, 0.25) is 0 Å². The van der Waals surface area contributed by atoms with E-state index in [2.05, 4.69) is 5.32 Å². The van der Waals surface area contributed by atoms with Crippen LogP contribution >= 0.6 is 0 Å². The molecule has 0 aromatic heterocycles. The monoisotopic (exact) mass is 263 g/mol. The summed E-state index contributed by atoms with van der Waals surface area (Å²) in [5.74, 6) is 0.0324. The molecule has 0 saturated heterocycles. The van der Waals surface area contributed by atoms with Gasteiger partial charge in [0.25, 0.3) is 0 Å². The molecule has 1 aliphatic rings. The fraction of sp³-hybridized carbons (Fsp3) is 0.533. The molecule has 1 atom stereocenters. The molecule has 1 unspecified atom stereocenters. The van der Waals surface area contributed by atoms with E-state index in [0.29, 0.717) is 5.75 Å². The van der Waals surface area contributed by atoms with E-state index in [1.165, 1.54) is 12.7 Å². The van der Waals surface area contributed by atoms with Gasteiger partial charge in [0, 0.05) is 6.04 Å². The van der Waals surface area contributed by atoms with Crippen molar-refractivity contribution in [1.82, 2.24) is 5.32 Å². The van der Waals surface area contributed by atoms with E-state index in [1.807, 2.05) is 26.0 Å². The summed E-state index contributed by atoms with van der Waals surface area (Å²) in [5.41, 5.74) is 1.61. The average Bonchev–Trinajstić information content (AvgIpc) is 2.37. The van der Waals surface area contributed by atoms with E-state index >= 15 is 0 Å². The number of hydrogen-bond donors (Lipinski definition) is 2. The van der Waals surface area contributed by atoms with Crippen molar-refractivity contribution in [2.75, 3.05) is 7.11 Å². The number of nitrogens with one attached hydrogen (secondary N) is 1. The number of carbonyl (C=O) groups is 1. The zero-order valence-electron chi connectivity index (χ0n) is 11.7. The number of aryl methyl sites for hydroxylation is 1. The molecule has 1 aromatic carbocycles. The lowest BCUT2D eigenvalue weighted by atomic mass is 9.86. The molecular formula is C15H21NO3. The number of esters is 1. The number of carbonyl (C=O) groups excluding carboxylic acids is 1. The molecule has 1 aromatic rings. The maximum absolute atomic E-state index is 11.7. The second-order valence-corrected chi connectivity index (χ2v) is 5.59. The smallest absolute Gasteiger partial charge is 0.325 e. The minimum Gasteiger partial charge on any atom is -0.508 e. The van der Waals surface area contributed by atoms with E-state index in [0.717, 1.165) is 24.8 Å². The third-order valence-corrected chi connectivity index (χ3v) is 3.67. The SMILES string of the molecule is COC(=O)C(C)(C)NC1CCCc2cc(O)ccc21. The molecule has 0 fully saturated rings. The first kappa shape index (κ1) is 13.9. The van der Waals surface area contributed by atoms with Gasteiger partial charge >= 0.3 is 5.97 Å². The third-order valence-electron chi connectivity index (χ3n) is 3.67. The van der Waals surface area contributed by atoms with Gasteiger partial charge in [-0.3, -0.25) is 10.1 Å². The number of rotatable bonds is 3. The van der Waals surface area contributed by atoms with Crippen molar-refractivity contribution < 1.29 is 14.6 Å². The van der Waals surface area contributed by atoms with Crippen molar-refractivity contribution in [3.8, 4) is 5.75 Å². The topological polar surface area (TPSA) is 58.6 Å². The maximum atomic E-state index is 11.7. The Morgan fingerprint density at radius 2 is 2.21 bits per heavy atom. The number of aromatic hydroxyl groups is 1. The Morgan fingerprint density at radius 1 is 1.47 bits per heavy atom. The first-order valence-corrected chi connectivity index (χ1v) is 6.62. The summed E-state index contributed by atoms with van der Waals surface area (Å²) in [5, 5.41) is 12.9. The van der Waals surface area contributed by atoms with Crippen LogP contribution in [0, 0.1) is 0 Å². The van der Waals surface area contributed by atoms with E-state index in [4.69, 9.17) is 4.74 Å². The Bertz CT molecular complexity index is 482. The first-order chi connectivity index (χ1) is 8.94. The quantitative estimate of drug-likeness (QED) is 0.822. The summed E-state index contributed by atoms with van der Waals surface area (Å²) in [6.45, 7) is 3.65. The van der Waals surface area contributed by atoms with Crippen molar-refractivity contribution in [3.05, 3.63) is 29.3 Å². The summed E-state index contributed by atoms with van der Waals surface area (Å²) in [4.78, 5) is 11.7.